The van der Waals surface area contributed by atoms with Gasteiger partial charge in [-0.05, 0) is 39.5 Å². The Balaban J connectivity index is 0.000000523. The number of nitrogens with zero attached hydrogens (tertiary/aromatic N) is 1. The molecule has 0 bridgehead atoms. The predicted octanol–water partition coefficient (Wildman–Crippen LogP) is 8.01. The van der Waals surface area contributed by atoms with E-state index in [0.29, 0.717) is 0 Å². The van der Waals surface area contributed by atoms with Crippen LogP contribution in [0.15, 0.2) is 54.6 Å². The highest BCUT2D eigenvalue weighted by Gasteiger charge is 2.26. The number of hydrogen-bond acceptors (Lipinski definition) is 0. The zero-order valence-electron chi connectivity index (χ0n) is 19.5. The summed E-state index contributed by atoms with van der Waals surface area (Å²) in [5.41, 5.74) is 7.10. The van der Waals surface area contributed by atoms with Gasteiger partial charge in [0, 0.05) is 28.6 Å². The maximum Gasteiger partial charge on any atom is 0.673 e. The molecule has 0 spiro atoms. The molecule has 0 aliphatic carbocycles. The van der Waals surface area contributed by atoms with E-state index < -0.39 is 7.25 Å². The van der Waals surface area contributed by atoms with Crippen molar-refractivity contribution in [1.82, 2.24) is 0 Å². The average molecular weight is 443 g/mol. The maximum atomic E-state index is 9.75. The average Bonchev–Trinajstić information content (AvgIpc) is 2.65. The fourth-order valence-corrected chi connectivity index (χ4v) is 3.92. The molecule has 32 heavy (non-hydrogen) atoms. The molecular formula is C26H30BF4N. The summed E-state index contributed by atoms with van der Waals surface area (Å²) in [6.07, 6.45) is 2.33. The van der Waals surface area contributed by atoms with Gasteiger partial charge in [0.05, 0.1) is 0 Å². The third-order valence-corrected chi connectivity index (χ3v) is 5.62. The minimum absolute atomic E-state index is 0.130. The van der Waals surface area contributed by atoms with Crippen molar-refractivity contribution in [2.45, 2.75) is 58.9 Å². The Morgan fingerprint density at radius 3 is 1.75 bits per heavy atom. The van der Waals surface area contributed by atoms with Crippen molar-refractivity contribution in [1.29, 1.82) is 0 Å². The summed E-state index contributed by atoms with van der Waals surface area (Å²) in [5, 5.41) is 2.80. The SMILES string of the molecule is CC(C)(C)c1cc2c3c(cc(C(C)(C)C)cc3c1)C[N+](c1ccccc1)=C2.F[B-](F)(F)F. The van der Waals surface area contributed by atoms with E-state index in [1.54, 1.807) is 0 Å². The van der Waals surface area contributed by atoms with Crippen LogP contribution in [0.4, 0.5) is 23.0 Å². The van der Waals surface area contributed by atoms with E-state index in [1.807, 2.05) is 0 Å². The van der Waals surface area contributed by atoms with Gasteiger partial charge in [-0.1, -0.05) is 71.9 Å². The summed E-state index contributed by atoms with van der Waals surface area (Å²) in [5.74, 6) is 0. The van der Waals surface area contributed by atoms with Gasteiger partial charge in [-0.15, -0.1) is 0 Å². The van der Waals surface area contributed by atoms with Crippen LogP contribution in [0.2, 0.25) is 0 Å². The van der Waals surface area contributed by atoms with E-state index in [2.05, 4.69) is 107 Å². The summed E-state index contributed by atoms with van der Waals surface area (Å²) in [6, 6.07) is 20.3. The van der Waals surface area contributed by atoms with Crippen molar-refractivity contribution >= 4 is 29.9 Å². The quantitative estimate of drug-likeness (QED) is 0.204. The van der Waals surface area contributed by atoms with Gasteiger partial charge >= 0.3 is 7.25 Å². The summed E-state index contributed by atoms with van der Waals surface area (Å²) >= 11 is 0. The van der Waals surface area contributed by atoms with Crippen molar-refractivity contribution < 1.29 is 21.8 Å². The molecule has 0 saturated heterocycles. The van der Waals surface area contributed by atoms with Crippen molar-refractivity contribution in [2.24, 2.45) is 0 Å². The Bertz CT molecular complexity index is 1140. The third-order valence-electron chi connectivity index (χ3n) is 5.62. The highest BCUT2D eigenvalue weighted by Crippen LogP contribution is 2.36. The summed E-state index contributed by atoms with van der Waals surface area (Å²) in [6.45, 7) is 14.7. The molecule has 0 amide bonds. The molecule has 0 N–H and O–H groups in total. The molecule has 0 atom stereocenters. The lowest BCUT2D eigenvalue weighted by molar-refractivity contribution is -0.453. The molecule has 1 heterocycles. The molecule has 3 aromatic rings. The molecule has 0 fully saturated rings. The van der Waals surface area contributed by atoms with Crippen molar-refractivity contribution in [3.05, 3.63) is 76.9 Å². The maximum absolute atomic E-state index is 9.75. The van der Waals surface area contributed by atoms with Crippen molar-refractivity contribution in [3.8, 4) is 0 Å². The Morgan fingerprint density at radius 2 is 1.25 bits per heavy atom. The Labute approximate surface area is 187 Å². The molecule has 0 unspecified atom stereocenters. The lowest BCUT2D eigenvalue weighted by Gasteiger charge is -2.25. The van der Waals surface area contributed by atoms with Crippen LogP contribution >= 0.6 is 0 Å². The molecule has 3 aromatic carbocycles. The molecule has 1 aliphatic rings. The molecule has 1 nitrogen and oxygen atoms in total. The van der Waals surface area contributed by atoms with E-state index in [1.165, 1.54) is 38.7 Å². The monoisotopic (exact) mass is 443 g/mol. The van der Waals surface area contributed by atoms with Gasteiger partial charge in [-0.3, -0.25) is 0 Å². The van der Waals surface area contributed by atoms with Crippen LogP contribution in [-0.4, -0.2) is 18.0 Å². The van der Waals surface area contributed by atoms with Gasteiger partial charge in [-0.25, -0.2) is 0 Å². The number of para-hydroxylation sites is 1. The predicted molar refractivity (Wildman–Crippen MR) is 127 cm³/mol. The lowest BCUT2D eigenvalue weighted by Crippen LogP contribution is -2.19. The fourth-order valence-electron chi connectivity index (χ4n) is 3.92. The van der Waals surface area contributed by atoms with Crippen LogP contribution in [0.1, 0.15) is 63.8 Å². The first kappa shape index (κ1) is 24.0. The second kappa shape index (κ2) is 8.38. The van der Waals surface area contributed by atoms with E-state index in [9.17, 15) is 17.3 Å². The molecule has 0 radical (unpaired) electrons. The zero-order chi connectivity index (χ0) is 23.9. The Hall–Kier alpha value is -2.63. The van der Waals surface area contributed by atoms with Crippen LogP contribution < -0.4 is 0 Å². The van der Waals surface area contributed by atoms with Gasteiger partial charge in [0.2, 0.25) is 5.69 Å². The molecule has 6 heteroatoms. The lowest BCUT2D eigenvalue weighted by atomic mass is 9.80. The first-order chi connectivity index (χ1) is 14.6. The van der Waals surface area contributed by atoms with Crippen LogP contribution in [-0.2, 0) is 17.4 Å². The standard InChI is InChI=1S/C26H30N.BF4/c1-25(2,3)21-12-18-13-22(26(4,5)6)15-20-17-27(16-19(14-21)24(18)20)23-10-8-7-9-11-23;2-1(3,4)5/h7-16H,17H2,1-6H3;/q+1;-1. The van der Waals surface area contributed by atoms with Gasteiger partial charge in [0.15, 0.2) is 12.8 Å². The number of hydrogen-bond donors (Lipinski definition) is 0. The largest absolute Gasteiger partial charge is 0.673 e. The van der Waals surface area contributed by atoms with Crippen LogP contribution in [0, 0.1) is 0 Å². The molecule has 0 saturated carbocycles. The van der Waals surface area contributed by atoms with Crippen molar-refractivity contribution in [2.75, 3.05) is 0 Å². The van der Waals surface area contributed by atoms with E-state index in [-0.39, 0.29) is 10.8 Å². The van der Waals surface area contributed by atoms with Gasteiger partial charge < -0.3 is 17.3 Å². The topological polar surface area (TPSA) is 3.01 Å². The van der Waals surface area contributed by atoms with Crippen LogP contribution in [0.25, 0.3) is 10.8 Å². The summed E-state index contributed by atoms with van der Waals surface area (Å²) < 4.78 is 41.4. The minimum Gasteiger partial charge on any atom is -0.418 e. The van der Waals surface area contributed by atoms with E-state index in [4.69, 9.17) is 0 Å². The highest BCUT2D eigenvalue weighted by molar-refractivity contribution is 6.50. The molecule has 4 rings (SSSR count). The number of rotatable bonds is 1. The Kier molecular flexibility index (Phi) is 6.29. The summed E-state index contributed by atoms with van der Waals surface area (Å²) in [4.78, 5) is 0. The van der Waals surface area contributed by atoms with Gasteiger partial charge in [0.1, 0.15) is 0 Å². The number of halogens is 4. The normalized spacial score (nSPS) is 14.0. The molecule has 0 aromatic heterocycles. The second-order valence-corrected chi connectivity index (χ2v) is 10.4. The second-order valence-electron chi connectivity index (χ2n) is 10.4. The van der Waals surface area contributed by atoms with Gasteiger partial charge in [0.25, 0.3) is 0 Å². The molecule has 1 aliphatic heterocycles. The Morgan fingerprint density at radius 1 is 0.750 bits per heavy atom. The first-order valence-corrected chi connectivity index (χ1v) is 10.8. The van der Waals surface area contributed by atoms with Crippen LogP contribution in [0.5, 0.6) is 0 Å². The fraction of sp³-hybridized carbons (Fsp3) is 0.346. The van der Waals surface area contributed by atoms with Gasteiger partial charge in [-0.2, -0.15) is 4.58 Å². The van der Waals surface area contributed by atoms with Crippen LogP contribution in [0.3, 0.4) is 0 Å². The number of benzene rings is 3. The third kappa shape index (κ3) is 5.78. The highest BCUT2D eigenvalue weighted by atomic mass is 19.5. The minimum atomic E-state index is -6.00. The smallest absolute Gasteiger partial charge is 0.418 e. The zero-order valence-corrected chi connectivity index (χ0v) is 19.5. The van der Waals surface area contributed by atoms with E-state index in [0.717, 1.165) is 6.54 Å². The first-order valence-electron chi connectivity index (χ1n) is 10.8. The van der Waals surface area contributed by atoms with E-state index >= 15 is 0 Å². The summed E-state index contributed by atoms with van der Waals surface area (Å²) in [7, 11) is -6.00. The molecule has 170 valence electrons. The van der Waals surface area contributed by atoms with Crippen molar-refractivity contribution in [3.63, 3.8) is 0 Å². The molecular weight excluding hydrogens is 413 g/mol.